The third-order valence-corrected chi connectivity index (χ3v) is 4.56. The molecule has 2 rings (SSSR count). The predicted molar refractivity (Wildman–Crippen MR) is 67.4 cm³/mol. The van der Waals surface area contributed by atoms with Crippen molar-refractivity contribution < 1.29 is 14.7 Å². The monoisotopic (exact) mass is 268 g/mol. The van der Waals surface area contributed by atoms with Gasteiger partial charge in [0, 0.05) is 24.0 Å². The van der Waals surface area contributed by atoms with Gasteiger partial charge in [0.2, 0.25) is 5.91 Å². The number of aliphatic carboxylic acids is 1. The Morgan fingerprint density at radius 3 is 2.94 bits per heavy atom. The van der Waals surface area contributed by atoms with Crippen LogP contribution in [0.5, 0.6) is 0 Å². The van der Waals surface area contributed by atoms with Gasteiger partial charge in [0.25, 0.3) is 0 Å². The lowest BCUT2D eigenvalue weighted by atomic mass is 10.1. The summed E-state index contributed by atoms with van der Waals surface area (Å²) < 4.78 is 0. The summed E-state index contributed by atoms with van der Waals surface area (Å²) in [6, 6.07) is -0.132. The number of carboxylic acid groups (broad SMARTS) is 1. The molecule has 1 aromatic heterocycles. The van der Waals surface area contributed by atoms with E-state index in [1.807, 2.05) is 13.1 Å². The standard InChI is InChI=1S/C12H16N2O3S/c1-3-9-5-13-11(18-9)7(2)14-6-8(12(16)17)4-10(14)15/h5,7-8H,3-4,6H2,1-2H3,(H,16,17). The fraction of sp³-hybridized carbons (Fsp3) is 0.583. The quantitative estimate of drug-likeness (QED) is 0.902. The number of hydrogen-bond acceptors (Lipinski definition) is 4. The minimum atomic E-state index is -0.897. The smallest absolute Gasteiger partial charge is 0.308 e. The molecule has 5 nitrogen and oxygen atoms in total. The zero-order valence-corrected chi connectivity index (χ0v) is 11.2. The maximum Gasteiger partial charge on any atom is 0.308 e. The van der Waals surface area contributed by atoms with Gasteiger partial charge in [-0.25, -0.2) is 4.98 Å². The van der Waals surface area contributed by atoms with Gasteiger partial charge in [0.15, 0.2) is 0 Å². The van der Waals surface area contributed by atoms with Crippen molar-refractivity contribution in [3.05, 3.63) is 16.1 Å². The van der Waals surface area contributed by atoms with Crippen molar-refractivity contribution >= 4 is 23.2 Å². The number of hydrogen-bond donors (Lipinski definition) is 1. The Balaban J connectivity index is 2.11. The number of aryl methyl sites for hydroxylation is 1. The molecule has 1 saturated heterocycles. The van der Waals surface area contributed by atoms with Gasteiger partial charge in [0.1, 0.15) is 5.01 Å². The Hall–Kier alpha value is -1.43. The highest BCUT2D eigenvalue weighted by Crippen LogP contribution is 2.30. The second-order valence-corrected chi connectivity index (χ2v) is 5.63. The van der Waals surface area contributed by atoms with E-state index in [0.29, 0.717) is 0 Å². The summed E-state index contributed by atoms with van der Waals surface area (Å²) in [5.41, 5.74) is 0. The number of carbonyl (C=O) groups excluding carboxylic acids is 1. The third-order valence-electron chi connectivity index (χ3n) is 3.25. The van der Waals surface area contributed by atoms with Crippen molar-refractivity contribution in [2.24, 2.45) is 5.92 Å². The van der Waals surface area contributed by atoms with Crippen LogP contribution in [0, 0.1) is 5.92 Å². The molecule has 1 aliphatic rings. The molecule has 0 saturated carbocycles. The molecule has 1 N–H and O–H groups in total. The molecule has 1 fully saturated rings. The van der Waals surface area contributed by atoms with Gasteiger partial charge < -0.3 is 10.0 Å². The van der Waals surface area contributed by atoms with E-state index in [4.69, 9.17) is 5.11 Å². The molecule has 0 spiro atoms. The van der Waals surface area contributed by atoms with E-state index in [2.05, 4.69) is 11.9 Å². The Morgan fingerprint density at radius 1 is 1.72 bits per heavy atom. The highest BCUT2D eigenvalue weighted by atomic mass is 32.1. The largest absolute Gasteiger partial charge is 0.481 e. The molecule has 2 atom stereocenters. The van der Waals surface area contributed by atoms with Crippen LogP contribution in [0.2, 0.25) is 0 Å². The number of aromatic nitrogens is 1. The molecule has 0 bridgehead atoms. The van der Waals surface area contributed by atoms with Crippen molar-refractivity contribution in [3.8, 4) is 0 Å². The Bertz CT molecular complexity index is 472. The molecular formula is C12H16N2O3S. The second kappa shape index (κ2) is 5.06. The number of carbonyl (C=O) groups is 2. The summed E-state index contributed by atoms with van der Waals surface area (Å²) in [6.45, 7) is 4.25. The number of rotatable bonds is 4. The van der Waals surface area contributed by atoms with E-state index in [1.165, 1.54) is 4.88 Å². The van der Waals surface area contributed by atoms with Gasteiger partial charge in [-0.3, -0.25) is 9.59 Å². The summed E-state index contributed by atoms with van der Waals surface area (Å²) in [4.78, 5) is 29.8. The van der Waals surface area contributed by atoms with Crippen LogP contribution in [0.25, 0.3) is 0 Å². The predicted octanol–water partition coefficient (Wildman–Crippen LogP) is 1.70. The van der Waals surface area contributed by atoms with Crippen molar-refractivity contribution in [2.45, 2.75) is 32.7 Å². The Morgan fingerprint density at radius 2 is 2.44 bits per heavy atom. The summed E-state index contributed by atoms with van der Waals surface area (Å²) in [5.74, 6) is -1.57. The zero-order chi connectivity index (χ0) is 13.3. The molecule has 0 radical (unpaired) electrons. The molecule has 6 heteroatoms. The van der Waals surface area contributed by atoms with Crippen LogP contribution in [0.4, 0.5) is 0 Å². The molecule has 1 amide bonds. The Kier molecular flexibility index (Phi) is 3.65. The topological polar surface area (TPSA) is 70.5 Å². The fourth-order valence-electron chi connectivity index (χ4n) is 2.08. The van der Waals surface area contributed by atoms with Crippen LogP contribution in [0.3, 0.4) is 0 Å². The van der Waals surface area contributed by atoms with Gasteiger partial charge in [0.05, 0.1) is 12.0 Å². The van der Waals surface area contributed by atoms with Gasteiger partial charge >= 0.3 is 5.97 Å². The summed E-state index contributed by atoms with van der Waals surface area (Å²) >= 11 is 1.59. The SMILES string of the molecule is CCc1cnc(C(C)N2CC(C(=O)O)CC2=O)s1. The maximum atomic E-state index is 11.8. The van der Waals surface area contributed by atoms with E-state index in [-0.39, 0.29) is 24.9 Å². The van der Waals surface area contributed by atoms with Crippen LogP contribution < -0.4 is 0 Å². The number of amides is 1. The molecule has 1 aromatic rings. The first-order chi connectivity index (χ1) is 8.52. The number of carboxylic acids is 1. The number of thiazole rings is 1. The molecular weight excluding hydrogens is 252 g/mol. The van der Waals surface area contributed by atoms with E-state index in [0.717, 1.165) is 11.4 Å². The first kappa shape index (κ1) is 13.0. The zero-order valence-electron chi connectivity index (χ0n) is 10.4. The number of nitrogens with zero attached hydrogens (tertiary/aromatic N) is 2. The van der Waals surface area contributed by atoms with Crippen molar-refractivity contribution in [2.75, 3.05) is 6.54 Å². The molecule has 2 unspecified atom stereocenters. The van der Waals surface area contributed by atoms with Crippen LogP contribution in [0.1, 0.15) is 36.2 Å². The first-order valence-electron chi connectivity index (χ1n) is 5.99. The number of likely N-dealkylation sites (tertiary alicyclic amines) is 1. The summed E-state index contributed by atoms with van der Waals surface area (Å²) in [5, 5.41) is 9.83. The van der Waals surface area contributed by atoms with Crippen molar-refractivity contribution in [1.29, 1.82) is 0 Å². The lowest BCUT2D eigenvalue weighted by Gasteiger charge is -2.22. The Labute approximate surface area is 109 Å². The lowest BCUT2D eigenvalue weighted by Crippen LogP contribution is -2.29. The van der Waals surface area contributed by atoms with Gasteiger partial charge in [-0.2, -0.15) is 0 Å². The second-order valence-electron chi connectivity index (χ2n) is 4.48. The van der Waals surface area contributed by atoms with Crippen molar-refractivity contribution in [1.82, 2.24) is 9.88 Å². The molecule has 0 aromatic carbocycles. The molecule has 0 aliphatic carbocycles. The molecule has 18 heavy (non-hydrogen) atoms. The maximum absolute atomic E-state index is 11.8. The van der Waals surface area contributed by atoms with E-state index < -0.39 is 11.9 Å². The average molecular weight is 268 g/mol. The van der Waals surface area contributed by atoms with E-state index >= 15 is 0 Å². The summed E-state index contributed by atoms with van der Waals surface area (Å²) in [7, 11) is 0. The minimum absolute atomic E-state index is 0.0943. The van der Waals surface area contributed by atoms with E-state index in [9.17, 15) is 9.59 Å². The third kappa shape index (κ3) is 2.38. The molecule has 2 heterocycles. The van der Waals surface area contributed by atoms with E-state index in [1.54, 1.807) is 16.2 Å². The van der Waals surface area contributed by atoms with Crippen LogP contribution in [0.15, 0.2) is 6.20 Å². The van der Waals surface area contributed by atoms with Gasteiger partial charge in [-0.05, 0) is 13.3 Å². The highest BCUT2D eigenvalue weighted by Gasteiger charge is 2.37. The molecule has 98 valence electrons. The minimum Gasteiger partial charge on any atom is -0.481 e. The average Bonchev–Trinajstić information content (AvgIpc) is 2.94. The van der Waals surface area contributed by atoms with Crippen LogP contribution >= 0.6 is 11.3 Å². The van der Waals surface area contributed by atoms with Gasteiger partial charge in [-0.1, -0.05) is 6.92 Å². The normalized spacial score (nSPS) is 21.3. The van der Waals surface area contributed by atoms with Crippen molar-refractivity contribution in [3.63, 3.8) is 0 Å². The fourth-order valence-corrected chi connectivity index (χ4v) is 3.01. The highest BCUT2D eigenvalue weighted by molar-refractivity contribution is 7.11. The lowest BCUT2D eigenvalue weighted by molar-refractivity contribution is -0.141. The first-order valence-corrected chi connectivity index (χ1v) is 6.81. The summed E-state index contributed by atoms with van der Waals surface area (Å²) in [6.07, 6.45) is 2.85. The van der Waals surface area contributed by atoms with Crippen LogP contribution in [-0.4, -0.2) is 33.4 Å². The molecule has 1 aliphatic heterocycles. The van der Waals surface area contributed by atoms with Crippen LogP contribution in [-0.2, 0) is 16.0 Å². The van der Waals surface area contributed by atoms with Gasteiger partial charge in [-0.15, -0.1) is 11.3 Å².